The highest BCUT2D eigenvalue weighted by molar-refractivity contribution is 7.23. The molecule has 0 spiro atoms. The molecule has 2 aromatic heterocycles. The van der Waals surface area contributed by atoms with Gasteiger partial charge in [0.1, 0.15) is 0 Å². The fourth-order valence-electron chi connectivity index (χ4n) is 3.45. The van der Waals surface area contributed by atoms with E-state index >= 15 is 0 Å². The smallest absolute Gasteiger partial charge is 0.195 e. The second-order valence-corrected chi connectivity index (χ2v) is 7.74. The van der Waals surface area contributed by atoms with Crippen LogP contribution in [0.25, 0.3) is 37.7 Å². The molecule has 0 fully saturated rings. The first-order valence-corrected chi connectivity index (χ1v) is 9.56. The summed E-state index contributed by atoms with van der Waals surface area (Å²) in [5.41, 5.74) is 8.33. The lowest BCUT2D eigenvalue weighted by atomic mass is 10.0. The summed E-state index contributed by atoms with van der Waals surface area (Å²) in [6, 6.07) is 25.8. The number of imidazole rings is 1. The molecule has 0 aliphatic carbocycles. The summed E-state index contributed by atoms with van der Waals surface area (Å²) in [7, 11) is 0. The highest BCUT2D eigenvalue weighted by Crippen LogP contribution is 2.38. The first-order valence-electron chi connectivity index (χ1n) is 8.75. The van der Waals surface area contributed by atoms with Crippen molar-refractivity contribution >= 4 is 26.5 Å². The SMILES string of the molecule is Cc1ccc(-c2c(-c3ccccc3)nc3sc4ccc(C)cc4n23)cc1. The molecule has 0 atom stereocenters. The maximum Gasteiger partial charge on any atom is 0.195 e. The van der Waals surface area contributed by atoms with E-state index in [2.05, 4.69) is 85.0 Å². The van der Waals surface area contributed by atoms with Crippen molar-refractivity contribution < 1.29 is 0 Å². The Morgan fingerprint density at radius 1 is 0.769 bits per heavy atom. The normalized spacial score (nSPS) is 11.5. The number of aryl methyl sites for hydroxylation is 2. The van der Waals surface area contributed by atoms with E-state index < -0.39 is 0 Å². The third kappa shape index (κ3) is 2.36. The number of hydrogen-bond acceptors (Lipinski definition) is 2. The Labute approximate surface area is 156 Å². The van der Waals surface area contributed by atoms with Gasteiger partial charge >= 0.3 is 0 Å². The summed E-state index contributed by atoms with van der Waals surface area (Å²) in [6.45, 7) is 4.26. The van der Waals surface area contributed by atoms with Crippen molar-refractivity contribution in [1.29, 1.82) is 0 Å². The van der Waals surface area contributed by atoms with E-state index in [0.717, 1.165) is 16.2 Å². The monoisotopic (exact) mass is 354 g/mol. The fourth-order valence-corrected chi connectivity index (χ4v) is 4.46. The summed E-state index contributed by atoms with van der Waals surface area (Å²) in [5, 5.41) is 0. The van der Waals surface area contributed by atoms with Crippen molar-refractivity contribution in [2.24, 2.45) is 0 Å². The zero-order valence-corrected chi connectivity index (χ0v) is 15.5. The number of hydrogen-bond donors (Lipinski definition) is 0. The second-order valence-electron chi connectivity index (χ2n) is 6.73. The van der Waals surface area contributed by atoms with E-state index in [1.807, 2.05) is 6.07 Å². The molecule has 0 aliphatic rings. The standard InChI is InChI=1S/C23H18N2S/c1-15-8-11-18(12-9-15)22-21(17-6-4-3-5-7-17)24-23-25(22)19-14-16(2)10-13-20(19)26-23/h3-14H,1-2H3. The fraction of sp³-hybridized carbons (Fsp3) is 0.0870. The highest BCUT2D eigenvalue weighted by Gasteiger charge is 2.19. The third-order valence-corrected chi connectivity index (χ3v) is 5.80. The summed E-state index contributed by atoms with van der Waals surface area (Å²) in [6.07, 6.45) is 0. The van der Waals surface area contributed by atoms with Crippen molar-refractivity contribution in [2.75, 3.05) is 0 Å². The van der Waals surface area contributed by atoms with Crippen molar-refractivity contribution in [3.63, 3.8) is 0 Å². The van der Waals surface area contributed by atoms with Crippen LogP contribution in [0.3, 0.4) is 0 Å². The Morgan fingerprint density at radius 2 is 1.50 bits per heavy atom. The van der Waals surface area contributed by atoms with Crippen LogP contribution in [0.2, 0.25) is 0 Å². The number of fused-ring (bicyclic) bond motifs is 3. The summed E-state index contributed by atoms with van der Waals surface area (Å²) >= 11 is 1.75. The van der Waals surface area contributed by atoms with Crippen LogP contribution < -0.4 is 0 Å². The Bertz CT molecular complexity index is 1230. The molecule has 3 aromatic carbocycles. The minimum absolute atomic E-state index is 1.04. The first-order chi connectivity index (χ1) is 12.7. The number of aromatic nitrogens is 2. The van der Waals surface area contributed by atoms with Gasteiger partial charge in [-0.25, -0.2) is 4.98 Å². The first kappa shape index (κ1) is 15.4. The van der Waals surface area contributed by atoms with Crippen molar-refractivity contribution in [1.82, 2.24) is 9.38 Å². The average molecular weight is 354 g/mol. The molecule has 5 aromatic rings. The van der Waals surface area contributed by atoms with Crippen LogP contribution in [0.5, 0.6) is 0 Å². The van der Waals surface area contributed by atoms with Crippen molar-refractivity contribution in [3.8, 4) is 22.5 Å². The van der Waals surface area contributed by atoms with E-state index in [4.69, 9.17) is 4.98 Å². The maximum absolute atomic E-state index is 5.03. The Balaban J connectivity index is 1.91. The molecule has 0 saturated carbocycles. The highest BCUT2D eigenvalue weighted by atomic mass is 32.1. The average Bonchev–Trinajstić information content (AvgIpc) is 3.19. The van der Waals surface area contributed by atoms with Gasteiger partial charge < -0.3 is 0 Å². The number of benzene rings is 3. The van der Waals surface area contributed by atoms with Gasteiger partial charge in [-0.3, -0.25) is 4.40 Å². The third-order valence-electron chi connectivity index (χ3n) is 4.78. The quantitative estimate of drug-likeness (QED) is 0.354. The van der Waals surface area contributed by atoms with Crippen LogP contribution in [0.1, 0.15) is 11.1 Å². The zero-order valence-electron chi connectivity index (χ0n) is 14.7. The van der Waals surface area contributed by atoms with E-state index in [0.29, 0.717) is 0 Å². The van der Waals surface area contributed by atoms with Crippen LogP contribution in [-0.2, 0) is 0 Å². The van der Waals surface area contributed by atoms with E-state index in [1.165, 1.54) is 32.6 Å². The van der Waals surface area contributed by atoms with Crippen LogP contribution in [0.15, 0.2) is 72.8 Å². The molecule has 0 radical (unpaired) electrons. The lowest BCUT2D eigenvalue weighted by molar-refractivity contribution is 1.29. The molecule has 0 aliphatic heterocycles. The molecule has 2 nitrogen and oxygen atoms in total. The second kappa shape index (κ2) is 5.82. The Morgan fingerprint density at radius 3 is 2.27 bits per heavy atom. The van der Waals surface area contributed by atoms with Crippen LogP contribution >= 0.6 is 11.3 Å². The number of rotatable bonds is 2. The Kier molecular flexibility index (Phi) is 3.44. The van der Waals surface area contributed by atoms with Crippen LogP contribution in [-0.4, -0.2) is 9.38 Å². The van der Waals surface area contributed by atoms with Crippen molar-refractivity contribution in [3.05, 3.63) is 83.9 Å². The van der Waals surface area contributed by atoms with Gasteiger partial charge in [-0.05, 0) is 31.5 Å². The molecule has 26 heavy (non-hydrogen) atoms. The molecule has 0 bridgehead atoms. The minimum atomic E-state index is 1.04. The van der Waals surface area contributed by atoms with Gasteiger partial charge in [0.05, 0.1) is 21.6 Å². The minimum Gasteiger partial charge on any atom is -0.282 e. The zero-order chi connectivity index (χ0) is 17.7. The number of nitrogens with zero attached hydrogens (tertiary/aromatic N) is 2. The lowest BCUT2D eigenvalue weighted by Crippen LogP contribution is -1.90. The van der Waals surface area contributed by atoms with E-state index in [-0.39, 0.29) is 0 Å². The molecule has 5 rings (SSSR count). The summed E-state index contributed by atoms with van der Waals surface area (Å²) in [5.74, 6) is 0. The predicted molar refractivity (Wildman–Crippen MR) is 111 cm³/mol. The topological polar surface area (TPSA) is 17.3 Å². The Hall–Kier alpha value is -2.91. The molecule has 3 heteroatoms. The summed E-state index contributed by atoms with van der Waals surface area (Å²) in [4.78, 5) is 6.07. The lowest BCUT2D eigenvalue weighted by Gasteiger charge is -2.07. The largest absolute Gasteiger partial charge is 0.282 e. The van der Waals surface area contributed by atoms with E-state index in [9.17, 15) is 0 Å². The molecule has 0 saturated heterocycles. The van der Waals surface area contributed by atoms with Gasteiger partial charge in [0, 0.05) is 11.1 Å². The molecule has 0 unspecified atom stereocenters. The van der Waals surface area contributed by atoms with Gasteiger partial charge in [-0.1, -0.05) is 77.6 Å². The maximum atomic E-state index is 5.03. The van der Waals surface area contributed by atoms with Gasteiger partial charge in [0.2, 0.25) is 0 Å². The molecule has 126 valence electrons. The predicted octanol–water partition coefficient (Wildman–Crippen LogP) is 6.50. The molecular formula is C23H18N2S. The van der Waals surface area contributed by atoms with Crippen LogP contribution in [0, 0.1) is 13.8 Å². The molecular weight excluding hydrogens is 336 g/mol. The molecule has 0 N–H and O–H groups in total. The van der Waals surface area contributed by atoms with E-state index in [1.54, 1.807) is 11.3 Å². The van der Waals surface area contributed by atoms with Gasteiger partial charge in [-0.15, -0.1) is 0 Å². The van der Waals surface area contributed by atoms with Crippen LogP contribution in [0.4, 0.5) is 0 Å². The van der Waals surface area contributed by atoms with Gasteiger partial charge in [0.25, 0.3) is 0 Å². The summed E-state index contributed by atoms with van der Waals surface area (Å²) < 4.78 is 3.59. The van der Waals surface area contributed by atoms with Gasteiger partial charge in [0.15, 0.2) is 4.96 Å². The number of thiazole rings is 1. The van der Waals surface area contributed by atoms with Gasteiger partial charge in [-0.2, -0.15) is 0 Å². The molecule has 2 heterocycles. The molecule has 0 amide bonds. The van der Waals surface area contributed by atoms with Crippen molar-refractivity contribution in [2.45, 2.75) is 13.8 Å².